The minimum Gasteiger partial charge on any atom is -0.192 e. The lowest BCUT2D eigenvalue weighted by molar-refractivity contribution is 0.169. The Hall–Kier alpha value is -1.29. The summed E-state index contributed by atoms with van der Waals surface area (Å²) in [5.74, 6) is 1.79. The van der Waals surface area contributed by atoms with Crippen molar-refractivity contribution in [1.29, 1.82) is 5.26 Å². The average molecular weight is 340 g/mol. The van der Waals surface area contributed by atoms with Crippen LogP contribution in [0.5, 0.6) is 0 Å². The first kappa shape index (κ1) is 20.0. The lowest BCUT2D eigenvalue weighted by Crippen LogP contribution is -2.25. The fourth-order valence-electron chi connectivity index (χ4n) is 4.64. The molecule has 1 aliphatic rings. The molecule has 1 saturated carbocycles. The minimum absolute atomic E-state index is 0.267. The highest BCUT2D eigenvalue weighted by molar-refractivity contribution is 5.37. The van der Waals surface area contributed by atoms with E-state index in [0.717, 1.165) is 23.8 Å². The molecule has 0 amide bonds. The van der Waals surface area contributed by atoms with Gasteiger partial charge in [0.15, 0.2) is 0 Å². The predicted octanol–water partition coefficient (Wildman–Crippen LogP) is 7.15. The Bertz CT molecular complexity index is 585. The fraction of sp³-hybridized carbons (Fsp3) is 0.708. The number of nitriles is 1. The third-order valence-corrected chi connectivity index (χ3v) is 5.84. The molecule has 0 radical (unpaired) electrons. The summed E-state index contributed by atoms with van der Waals surface area (Å²) in [4.78, 5) is 0. The Morgan fingerprint density at radius 2 is 1.72 bits per heavy atom. The fourth-order valence-corrected chi connectivity index (χ4v) is 4.64. The zero-order chi connectivity index (χ0) is 18.5. The lowest BCUT2D eigenvalue weighted by atomic mass is 9.69. The molecule has 0 spiro atoms. The monoisotopic (exact) mass is 339 g/mol. The van der Waals surface area contributed by atoms with E-state index in [1.165, 1.54) is 50.5 Å². The van der Waals surface area contributed by atoms with Crippen molar-refractivity contribution in [3.05, 3.63) is 35.4 Å². The SMILES string of the molecule is CC(C)(C)CCC1CCCC(CC(C)(C)Cc2ccccc2C#N)C1. The normalized spacial score (nSPS) is 21.8. The van der Waals surface area contributed by atoms with Crippen LogP contribution >= 0.6 is 0 Å². The molecule has 2 unspecified atom stereocenters. The van der Waals surface area contributed by atoms with Crippen molar-refractivity contribution in [3.8, 4) is 6.07 Å². The quantitative estimate of drug-likeness (QED) is 0.540. The van der Waals surface area contributed by atoms with Crippen molar-refractivity contribution in [2.24, 2.45) is 22.7 Å². The maximum Gasteiger partial charge on any atom is 0.0994 e. The van der Waals surface area contributed by atoms with Gasteiger partial charge in [-0.2, -0.15) is 5.26 Å². The smallest absolute Gasteiger partial charge is 0.0994 e. The van der Waals surface area contributed by atoms with Gasteiger partial charge in [0.25, 0.3) is 0 Å². The maximum absolute atomic E-state index is 9.35. The molecule has 1 heteroatoms. The van der Waals surface area contributed by atoms with Crippen LogP contribution in [0.4, 0.5) is 0 Å². The Morgan fingerprint density at radius 1 is 1.04 bits per heavy atom. The first-order chi connectivity index (χ1) is 11.7. The molecule has 1 aromatic carbocycles. The molecule has 0 aromatic heterocycles. The molecule has 25 heavy (non-hydrogen) atoms. The topological polar surface area (TPSA) is 23.8 Å². The first-order valence-corrected chi connectivity index (χ1v) is 10.2. The molecule has 0 saturated heterocycles. The van der Waals surface area contributed by atoms with Gasteiger partial charge < -0.3 is 0 Å². The van der Waals surface area contributed by atoms with Gasteiger partial charge in [-0.25, -0.2) is 0 Å². The molecule has 0 N–H and O–H groups in total. The maximum atomic E-state index is 9.35. The van der Waals surface area contributed by atoms with Gasteiger partial charge in [-0.3, -0.25) is 0 Å². The largest absolute Gasteiger partial charge is 0.192 e. The first-order valence-electron chi connectivity index (χ1n) is 10.2. The van der Waals surface area contributed by atoms with Crippen LogP contribution in [0.1, 0.15) is 90.7 Å². The average Bonchev–Trinajstić information content (AvgIpc) is 2.52. The number of hydrogen-bond acceptors (Lipinski definition) is 1. The Morgan fingerprint density at radius 3 is 2.40 bits per heavy atom. The molecule has 1 nitrogen and oxygen atoms in total. The van der Waals surface area contributed by atoms with Crippen LogP contribution < -0.4 is 0 Å². The molecule has 1 fully saturated rings. The van der Waals surface area contributed by atoms with E-state index in [9.17, 15) is 5.26 Å². The molecule has 138 valence electrons. The van der Waals surface area contributed by atoms with Crippen molar-refractivity contribution in [2.75, 3.05) is 0 Å². The molecule has 0 bridgehead atoms. The summed E-state index contributed by atoms with van der Waals surface area (Å²) >= 11 is 0. The van der Waals surface area contributed by atoms with Crippen molar-refractivity contribution in [2.45, 2.75) is 86.0 Å². The van der Waals surface area contributed by atoms with Gasteiger partial charge in [0, 0.05) is 0 Å². The summed E-state index contributed by atoms with van der Waals surface area (Å²) < 4.78 is 0. The summed E-state index contributed by atoms with van der Waals surface area (Å²) in [6.45, 7) is 11.9. The zero-order valence-corrected chi connectivity index (χ0v) is 17.1. The van der Waals surface area contributed by atoms with Crippen LogP contribution in [-0.2, 0) is 6.42 Å². The third-order valence-electron chi connectivity index (χ3n) is 5.84. The Kier molecular flexibility index (Phi) is 6.72. The van der Waals surface area contributed by atoms with Crippen LogP contribution in [0.3, 0.4) is 0 Å². The van der Waals surface area contributed by atoms with Gasteiger partial charge >= 0.3 is 0 Å². The van der Waals surface area contributed by atoms with Crippen molar-refractivity contribution >= 4 is 0 Å². The van der Waals surface area contributed by atoms with Crippen molar-refractivity contribution < 1.29 is 0 Å². The van der Waals surface area contributed by atoms with E-state index in [1.54, 1.807) is 0 Å². The van der Waals surface area contributed by atoms with Crippen molar-refractivity contribution in [1.82, 2.24) is 0 Å². The van der Waals surface area contributed by atoms with E-state index in [2.05, 4.69) is 52.8 Å². The summed E-state index contributed by atoms with van der Waals surface area (Å²) in [6, 6.07) is 10.5. The Labute approximate surface area is 155 Å². The molecule has 2 atom stereocenters. The van der Waals surface area contributed by atoms with Gasteiger partial charge in [0.2, 0.25) is 0 Å². The molecule has 2 rings (SSSR count). The van der Waals surface area contributed by atoms with E-state index in [4.69, 9.17) is 0 Å². The standard InChI is InChI=1S/C24H37N/c1-23(2,3)14-13-19-9-8-10-20(15-19)16-24(4,5)17-21-11-6-7-12-22(21)18-25/h6-7,11-12,19-20H,8-10,13-17H2,1-5H3. The Balaban J connectivity index is 1.92. The summed E-state index contributed by atoms with van der Waals surface area (Å²) in [7, 11) is 0. The van der Waals surface area contributed by atoms with Crippen LogP contribution in [0.15, 0.2) is 24.3 Å². The zero-order valence-electron chi connectivity index (χ0n) is 17.1. The lowest BCUT2D eigenvalue weighted by Gasteiger charge is -2.36. The number of hydrogen-bond donors (Lipinski definition) is 0. The van der Waals surface area contributed by atoms with Crippen LogP contribution in [0, 0.1) is 34.0 Å². The van der Waals surface area contributed by atoms with Gasteiger partial charge in [-0.1, -0.05) is 72.1 Å². The molecular weight excluding hydrogens is 302 g/mol. The molecule has 0 heterocycles. The predicted molar refractivity (Wildman–Crippen MR) is 107 cm³/mol. The van der Waals surface area contributed by atoms with E-state index in [1.807, 2.05) is 12.1 Å². The third kappa shape index (κ3) is 6.85. The summed E-state index contributed by atoms with van der Waals surface area (Å²) in [5, 5.41) is 9.35. The van der Waals surface area contributed by atoms with Crippen LogP contribution in [-0.4, -0.2) is 0 Å². The molecule has 0 aliphatic heterocycles. The highest BCUT2D eigenvalue weighted by Crippen LogP contribution is 2.41. The van der Waals surface area contributed by atoms with Crippen LogP contribution in [0.25, 0.3) is 0 Å². The minimum atomic E-state index is 0.267. The van der Waals surface area contributed by atoms with Gasteiger partial charge in [-0.05, 0) is 66.4 Å². The van der Waals surface area contributed by atoms with Gasteiger partial charge in [-0.15, -0.1) is 0 Å². The summed E-state index contributed by atoms with van der Waals surface area (Å²) in [5.41, 5.74) is 2.80. The van der Waals surface area contributed by atoms with Gasteiger partial charge in [0.05, 0.1) is 11.6 Å². The van der Waals surface area contributed by atoms with E-state index >= 15 is 0 Å². The number of benzene rings is 1. The number of nitrogens with zero attached hydrogens (tertiary/aromatic N) is 1. The second-order valence-electron chi connectivity index (χ2n) is 10.3. The molecule has 1 aromatic rings. The number of rotatable bonds is 6. The molecule has 1 aliphatic carbocycles. The van der Waals surface area contributed by atoms with E-state index in [0.29, 0.717) is 5.41 Å². The van der Waals surface area contributed by atoms with Crippen molar-refractivity contribution in [3.63, 3.8) is 0 Å². The highest BCUT2D eigenvalue weighted by Gasteiger charge is 2.29. The molecular formula is C24H37N. The highest BCUT2D eigenvalue weighted by atomic mass is 14.3. The van der Waals surface area contributed by atoms with E-state index in [-0.39, 0.29) is 5.41 Å². The second-order valence-corrected chi connectivity index (χ2v) is 10.3. The second kappa shape index (κ2) is 8.39. The summed E-state index contributed by atoms with van der Waals surface area (Å²) in [6.07, 6.45) is 10.7. The van der Waals surface area contributed by atoms with Gasteiger partial charge in [0.1, 0.15) is 0 Å². The van der Waals surface area contributed by atoms with Crippen LogP contribution in [0.2, 0.25) is 0 Å². The van der Waals surface area contributed by atoms with E-state index < -0.39 is 0 Å².